The lowest BCUT2D eigenvalue weighted by Gasteiger charge is -2.12. The Morgan fingerprint density at radius 1 is 1.15 bits per heavy atom. The summed E-state index contributed by atoms with van der Waals surface area (Å²) >= 11 is 0. The van der Waals surface area contributed by atoms with Crippen molar-refractivity contribution in [3.8, 4) is 11.5 Å². The number of aliphatic imine (C=N–C) groups is 1. The van der Waals surface area contributed by atoms with Crippen LogP contribution in [0, 0.1) is 5.92 Å². The number of nitrogens with zero attached hydrogens (tertiary/aromatic N) is 1. The molecule has 1 fully saturated rings. The third-order valence-corrected chi connectivity index (χ3v) is 3.56. The lowest BCUT2D eigenvalue weighted by molar-refractivity contribution is 0.288. The number of nitrogens with two attached hydrogens (primary N) is 1. The Kier molecular flexibility index (Phi) is 5.27. The Hall–Kier alpha value is -1.71. The van der Waals surface area contributed by atoms with Crippen molar-refractivity contribution in [2.24, 2.45) is 16.6 Å². The van der Waals surface area contributed by atoms with Gasteiger partial charge in [0.25, 0.3) is 0 Å². The molecule has 1 aromatic rings. The topological polar surface area (TPSA) is 56.8 Å². The molecule has 0 aromatic heterocycles. The van der Waals surface area contributed by atoms with Gasteiger partial charge in [0.2, 0.25) is 0 Å². The van der Waals surface area contributed by atoms with E-state index in [2.05, 4.69) is 4.99 Å². The molecule has 1 aromatic carbocycles. The number of hydrogen-bond acceptors (Lipinski definition) is 3. The fraction of sp³-hybridized carbons (Fsp3) is 0.562. The largest absolute Gasteiger partial charge is 0.490 e. The summed E-state index contributed by atoms with van der Waals surface area (Å²) in [5, 5.41) is 0. The van der Waals surface area contributed by atoms with Crippen LogP contribution >= 0.6 is 0 Å². The third kappa shape index (κ3) is 3.65. The normalized spacial score (nSPS) is 16.4. The number of ether oxygens (including phenoxy) is 2. The molecule has 0 saturated heterocycles. The van der Waals surface area contributed by atoms with Crippen molar-refractivity contribution in [2.45, 2.75) is 39.5 Å². The number of benzene rings is 1. The molecule has 0 aliphatic heterocycles. The second-order valence-corrected chi connectivity index (χ2v) is 5.02. The van der Waals surface area contributed by atoms with Crippen molar-refractivity contribution in [3.63, 3.8) is 0 Å². The van der Waals surface area contributed by atoms with Gasteiger partial charge in [0.05, 0.1) is 18.9 Å². The molecule has 2 N–H and O–H groups in total. The van der Waals surface area contributed by atoms with Crippen molar-refractivity contribution in [3.05, 3.63) is 18.2 Å². The number of amidine groups is 1. The average molecular weight is 276 g/mol. The molecule has 4 nitrogen and oxygen atoms in total. The van der Waals surface area contributed by atoms with Crippen LogP contribution in [0.2, 0.25) is 0 Å². The molecule has 1 saturated carbocycles. The average Bonchev–Trinajstić information content (AvgIpc) is 2.96. The van der Waals surface area contributed by atoms with E-state index in [1.807, 2.05) is 32.0 Å². The minimum Gasteiger partial charge on any atom is -0.490 e. The van der Waals surface area contributed by atoms with E-state index in [9.17, 15) is 0 Å². The molecule has 20 heavy (non-hydrogen) atoms. The Bertz CT molecular complexity index is 466. The monoisotopic (exact) mass is 276 g/mol. The maximum Gasteiger partial charge on any atom is 0.163 e. The van der Waals surface area contributed by atoms with Crippen molar-refractivity contribution < 1.29 is 9.47 Å². The molecule has 0 atom stereocenters. The third-order valence-electron chi connectivity index (χ3n) is 3.56. The molecule has 1 aliphatic carbocycles. The van der Waals surface area contributed by atoms with Crippen LogP contribution in [-0.2, 0) is 0 Å². The standard InChI is InChI=1S/C16H24N2O2/c1-3-19-14-10-9-13(11-15(14)20-4-2)18-16(17)12-7-5-6-8-12/h9-12H,3-8H2,1-2H3,(H2,17,18). The van der Waals surface area contributed by atoms with Gasteiger partial charge in [-0.25, -0.2) is 4.99 Å². The SMILES string of the molecule is CCOc1ccc(N=C(N)C2CCCC2)cc1OCC. The fourth-order valence-corrected chi connectivity index (χ4v) is 2.57. The van der Waals surface area contributed by atoms with E-state index in [-0.39, 0.29) is 0 Å². The molecule has 0 bridgehead atoms. The minimum atomic E-state index is 0.442. The summed E-state index contributed by atoms with van der Waals surface area (Å²) in [5.74, 6) is 2.67. The fourth-order valence-electron chi connectivity index (χ4n) is 2.57. The highest BCUT2D eigenvalue weighted by Gasteiger charge is 2.18. The molecule has 0 unspecified atom stereocenters. The van der Waals surface area contributed by atoms with Crippen molar-refractivity contribution in [1.82, 2.24) is 0 Å². The van der Waals surface area contributed by atoms with E-state index < -0.39 is 0 Å². The lowest BCUT2D eigenvalue weighted by Crippen LogP contribution is -2.20. The van der Waals surface area contributed by atoms with E-state index in [0.717, 1.165) is 35.9 Å². The zero-order valence-electron chi connectivity index (χ0n) is 12.4. The summed E-state index contributed by atoms with van der Waals surface area (Å²) < 4.78 is 11.1. The highest BCUT2D eigenvalue weighted by molar-refractivity contribution is 5.85. The molecular formula is C16H24N2O2. The summed E-state index contributed by atoms with van der Waals surface area (Å²) in [6.45, 7) is 5.14. The number of hydrogen-bond donors (Lipinski definition) is 1. The summed E-state index contributed by atoms with van der Waals surface area (Å²) in [6.07, 6.45) is 4.83. The van der Waals surface area contributed by atoms with Crippen LogP contribution < -0.4 is 15.2 Å². The van der Waals surface area contributed by atoms with Gasteiger partial charge in [0.1, 0.15) is 5.84 Å². The molecular weight excluding hydrogens is 252 g/mol. The van der Waals surface area contributed by atoms with Gasteiger partial charge in [-0.3, -0.25) is 0 Å². The molecule has 1 aliphatic rings. The maximum absolute atomic E-state index is 6.11. The first-order chi connectivity index (χ1) is 9.74. The second-order valence-electron chi connectivity index (χ2n) is 5.02. The van der Waals surface area contributed by atoms with Crippen LogP contribution in [0.1, 0.15) is 39.5 Å². The van der Waals surface area contributed by atoms with Crippen molar-refractivity contribution in [2.75, 3.05) is 13.2 Å². The summed E-state index contributed by atoms with van der Waals surface area (Å²) in [4.78, 5) is 4.54. The zero-order chi connectivity index (χ0) is 14.4. The quantitative estimate of drug-likeness (QED) is 0.637. The molecule has 2 rings (SSSR count). The Morgan fingerprint density at radius 2 is 1.80 bits per heavy atom. The zero-order valence-corrected chi connectivity index (χ0v) is 12.4. The molecule has 0 radical (unpaired) electrons. The van der Waals surface area contributed by atoms with Crippen LogP contribution in [-0.4, -0.2) is 19.0 Å². The molecule has 0 amide bonds. The minimum absolute atomic E-state index is 0.442. The van der Waals surface area contributed by atoms with Crippen LogP contribution in [0.5, 0.6) is 11.5 Å². The second kappa shape index (κ2) is 7.17. The molecule has 0 heterocycles. The van der Waals surface area contributed by atoms with Gasteiger partial charge in [-0.05, 0) is 38.8 Å². The summed E-state index contributed by atoms with van der Waals surface area (Å²) in [6, 6.07) is 5.72. The first-order valence-corrected chi connectivity index (χ1v) is 7.48. The summed E-state index contributed by atoms with van der Waals surface area (Å²) in [7, 11) is 0. The summed E-state index contributed by atoms with van der Waals surface area (Å²) in [5.41, 5.74) is 6.94. The predicted molar refractivity (Wildman–Crippen MR) is 82.0 cm³/mol. The number of rotatable bonds is 6. The van der Waals surface area contributed by atoms with E-state index in [1.54, 1.807) is 0 Å². The van der Waals surface area contributed by atoms with Gasteiger partial charge in [-0.15, -0.1) is 0 Å². The first kappa shape index (κ1) is 14.7. The maximum atomic E-state index is 6.11. The lowest BCUT2D eigenvalue weighted by atomic mass is 10.1. The van der Waals surface area contributed by atoms with Gasteiger partial charge in [-0.2, -0.15) is 0 Å². The smallest absolute Gasteiger partial charge is 0.163 e. The van der Waals surface area contributed by atoms with Gasteiger partial charge in [0.15, 0.2) is 11.5 Å². The van der Waals surface area contributed by atoms with Crippen LogP contribution in [0.3, 0.4) is 0 Å². The van der Waals surface area contributed by atoms with Gasteiger partial charge < -0.3 is 15.2 Å². The molecule has 4 heteroatoms. The predicted octanol–water partition coefficient (Wildman–Crippen LogP) is 3.66. The van der Waals surface area contributed by atoms with E-state index in [0.29, 0.717) is 19.1 Å². The highest BCUT2D eigenvalue weighted by Crippen LogP contribution is 2.33. The van der Waals surface area contributed by atoms with Crippen molar-refractivity contribution >= 4 is 11.5 Å². The van der Waals surface area contributed by atoms with E-state index in [1.165, 1.54) is 12.8 Å². The first-order valence-electron chi connectivity index (χ1n) is 7.48. The Labute approximate surface area is 121 Å². The highest BCUT2D eigenvalue weighted by atomic mass is 16.5. The van der Waals surface area contributed by atoms with E-state index in [4.69, 9.17) is 15.2 Å². The van der Waals surface area contributed by atoms with Gasteiger partial charge in [0, 0.05) is 12.0 Å². The molecule has 0 spiro atoms. The van der Waals surface area contributed by atoms with E-state index >= 15 is 0 Å². The van der Waals surface area contributed by atoms with Gasteiger partial charge in [-0.1, -0.05) is 12.8 Å². The van der Waals surface area contributed by atoms with Crippen molar-refractivity contribution in [1.29, 1.82) is 0 Å². The Morgan fingerprint density at radius 3 is 2.45 bits per heavy atom. The van der Waals surface area contributed by atoms with Crippen LogP contribution in [0.15, 0.2) is 23.2 Å². The van der Waals surface area contributed by atoms with Crippen LogP contribution in [0.25, 0.3) is 0 Å². The molecule has 110 valence electrons. The van der Waals surface area contributed by atoms with Gasteiger partial charge >= 0.3 is 0 Å². The van der Waals surface area contributed by atoms with Crippen LogP contribution in [0.4, 0.5) is 5.69 Å². The Balaban J connectivity index is 2.18.